The Morgan fingerprint density at radius 3 is 2.21 bits per heavy atom. The summed E-state index contributed by atoms with van der Waals surface area (Å²) in [4.78, 5) is 36.8. The van der Waals surface area contributed by atoms with Crippen molar-refractivity contribution in [2.45, 2.75) is 77.5 Å². The highest BCUT2D eigenvalue weighted by Gasteiger charge is 2.42. The van der Waals surface area contributed by atoms with Crippen LogP contribution >= 0.6 is 0 Å². The van der Waals surface area contributed by atoms with Gasteiger partial charge in [-0.3, -0.25) is 14.4 Å². The lowest BCUT2D eigenvalue weighted by Crippen LogP contribution is -2.63. The van der Waals surface area contributed by atoms with Gasteiger partial charge in [0, 0.05) is 19.6 Å². The molecular formula is C25H40N4O5. The molecule has 1 heterocycles. The van der Waals surface area contributed by atoms with Crippen molar-refractivity contribution in [3.8, 4) is 0 Å². The predicted octanol–water partition coefficient (Wildman–Crippen LogP) is 2.12. The summed E-state index contributed by atoms with van der Waals surface area (Å²) in [5.41, 5.74) is 4.09. The zero-order valence-electron chi connectivity index (χ0n) is 20.4. The molecule has 9 heteroatoms. The predicted molar refractivity (Wildman–Crippen MR) is 129 cm³/mol. The first-order valence-electron chi connectivity index (χ1n) is 12.4. The Morgan fingerprint density at radius 2 is 1.74 bits per heavy atom. The summed E-state index contributed by atoms with van der Waals surface area (Å²) in [6.07, 6.45) is 6.55. The Balaban J connectivity index is 0.000000739. The molecule has 0 bridgehead atoms. The number of rotatable bonds is 11. The molecule has 2 fully saturated rings. The maximum atomic E-state index is 13.2. The first kappa shape index (κ1) is 27.8. The average Bonchev–Trinajstić information content (AvgIpc) is 2.83. The van der Waals surface area contributed by atoms with E-state index in [1.54, 1.807) is 11.8 Å². The van der Waals surface area contributed by atoms with Crippen LogP contribution in [0.3, 0.4) is 0 Å². The van der Waals surface area contributed by atoms with E-state index in [0.29, 0.717) is 38.6 Å². The number of ether oxygens (including phenoxy) is 1. The Kier molecular flexibility index (Phi) is 12.6. The molecule has 1 aromatic carbocycles. The molecular weight excluding hydrogens is 436 g/mol. The third-order valence-electron chi connectivity index (χ3n) is 6.42. The van der Waals surface area contributed by atoms with E-state index in [1.807, 2.05) is 31.2 Å². The number of hydrogen-bond acceptors (Lipinski definition) is 7. The standard InChI is InChI=1S/C22H34N4O3.C3H6O2/c1-2-23-20(18-6-4-3-5-7-18)22(28)26-13-12-19(26)21(27)24-14-16-8-10-17(11-9-16)15-25-29;1-2-5-3-4/h8-11,18-20,23,25,29H,2-7,12-15H2,1H3,(H,24,27);3H,2H2,1H3. The summed E-state index contributed by atoms with van der Waals surface area (Å²) >= 11 is 0. The Bertz CT molecular complexity index is 752. The number of likely N-dealkylation sites (tertiary alicyclic amines) is 1. The first-order chi connectivity index (χ1) is 16.5. The summed E-state index contributed by atoms with van der Waals surface area (Å²) in [5.74, 6) is 0.392. The van der Waals surface area contributed by atoms with Crippen molar-refractivity contribution >= 4 is 18.3 Å². The second kappa shape index (κ2) is 15.4. The van der Waals surface area contributed by atoms with Gasteiger partial charge in [0.05, 0.1) is 12.6 Å². The third kappa shape index (κ3) is 8.38. The smallest absolute Gasteiger partial charge is 0.293 e. The van der Waals surface area contributed by atoms with Crippen molar-refractivity contribution in [1.82, 2.24) is 21.0 Å². The molecule has 0 aromatic heterocycles. The van der Waals surface area contributed by atoms with Gasteiger partial charge in [-0.25, -0.2) is 5.48 Å². The number of hydroxylamine groups is 1. The van der Waals surface area contributed by atoms with E-state index in [1.165, 1.54) is 19.3 Å². The van der Waals surface area contributed by atoms with E-state index < -0.39 is 0 Å². The van der Waals surface area contributed by atoms with E-state index in [-0.39, 0.29) is 23.9 Å². The van der Waals surface area contributed by atoms with Crippen LogP contribution in [-0.2, 0) is 32.2 Å². The van der Waals surface area contributed by atoms with E-state index in [9.17, 15) is 14.4 Å². The largest absolute Gasteiger partial charge is 0.468 e. The van der Waals surface area contributed by atoms with Gasteiger partial charge in [-0.1, -0.05) is 50.5 Å². The summed E-state index contributed by atoms with van der Waals surface area (Å²) in [5, 5.41) is 15.1. The molecule has 34 heavy (non-hydrogen) atoms. The number of benzene rings is 1. The van der Waals surface area contributed by atoms with Crippen LogP contribution in [0.5, 0.6) is 0 Å². The molecule has 1 aromatic rings. The number of amides is 2. The fourth-order valence-corrected chi connectivity index (χ4v) is 4.49. The molecule has 4 N–H and O–H groups in total. The van der Waals surface area contributed by atoms with Crippen molar-refractivity contribution in [3.63, 3.8) is 0 Å². The number of likely N-dealkylation sites (N-methyl/N-ethyl adjacent to an activating group) is 1. The Hall–Kier alpha value is -2.49. The third-order valence-corrected chi connectivity index (χ3v) is 6.42. The van der Waals surface area contributed by atoms with Gasteiger partial charge >= 0.3 is 0 Å². The highest BCUT2D eigenvalue weighted by molar-refractivity contribution is 5.91. The van der Waals surface area contributed by atoms with Crippen molar-refractivity contribution < 1.29 is 24.3 Å². The number of carbonyl (C=O) groups is 3. The first-order valence-corrected chi connectivity index (χ1v) is 12.4. The summed E-state index contributed by atoms with van der Waals surface area (Å²) in [6.45, 7) is 6.94. The molecule has 9 nitrogen and oxygen atoms in total. The van der Waals surface area contributed by atoms with Gasteiger partial charge in [-0.05, 0) is 49.8 Å². The van der Waals surface area contributed by atoms with Gasteiger partial charge in [-0.15, -0.1) is 0 Å². The summed E-state index contributed by atoms with van der Waals surface area (Å²) in [6, 6.07) is 7.17. The fraction of sp³-hybridized carbons (Fsp3) is 0.640. The van der Waals surface area contributed by atoms with Crippen LogP contribution in [0.25, 0.3) is 0 Å². The maximum absolute atomic E-state index is 13.2. The van der Waals surface area contributed by atoms with Crippen LogP contribution < -0.4 is 16.1 Å². The van der Waals surface area contributed by atoms with Crippen molar-refractivity contribution in [1.29, 1.82) is 0 Å². The highest BCUT2D eigenvalue weighted by Crippen LogP contribution is 2.29. The highest BCUT2D eigenvalue weighted by atomic mass is 16.5. The SMILES string of the molecule is CCNC(C(=O)N1CCC1C(=O)NCc1ccc(CNO)cc1)C1CCCCC1.CCOC=O. The summed E-state index contributed by atoms with van der Waals surface area (Å²) < 4.78 is 4.15. The minimum Gasteiger partial charge on any atom is -0.468 e. The Labute approximate surface area is 202 Å². The minimum absolute atomic E-state index is 0.0791. The van der Waals surface area contributed by atoms with Crippen LogP contribution in [0.4, 0.5) is 0 Å². The van der Waals surface area contributed by atoms with Crippen molar-refractivity contribution in [2.24, 2.45) is 5.92 Å². The lowest BCUT2D eigenvalue weighted by molar-refractivity contribution is -0.150. The molecule has 1 aliphatic heterocycles. The lowest BCUT2D eigenvalue weighted by atomic mass is 9.82. The molecule has 2 atom stereocenters. The molecule has 1 aliphatic carbocycles. The summed E-state index contributed by atoms with van der Waals surface area (Å²) in [7, 11) is 0. The number of carbonyl (C=O) groups excluding carboxylic acids is 3. The molecule has 190 valence electrons. The molecule has 2 aliphatic rings. The lowest BCUT2D eigenvalue weighted by Gasteiger charge is -2.43. The molecule has 1 saturated heterocycles. The molecule has 2 amide bonds. The van der Waals surface area contributed by atoms with Gasteiger partial charge in [-0.2, -0.15) is 0 Å². The molecule has 0 spiro atoms. The van der Waals surface area contributed by atoms with Gasteiger partial charge in [0.2, 0.25) is 11.8 Å². The van der Waals surface area contributed by atoms with Crippen molar-refractivity contribution in [3.05, 3.63) is 35.4 Å². The van der Waals surface area contributed by atoms with Gasteiger partial charge < -0.3 is 25.5 Å². The van der Waals surface area contributed by atoms with Crippen LogP contribution in [-0.4, -0.2) is 60.2 Å². The van der Waals surface area contributed by atoms with Crippen LogP contribution in [0.1, 0.15) is 63.5 Å². The zero-order valence-corrected chi connectivity index (χ0v) is 20.4. The molecule has 0 radical (unpaired) electrons. The topological polar surface area (TPSA) is 120 Å². The van der Waals surface area contributed by atoms with E-state index in [2.05, 4.69) is 20.9 Å². The molecule has 2 unspecified atom stereocenters. The maximum Gasteiger partial charge on any atom is 0.293 e. The second-order valence-electron chi connectivity index (χ2n) is 8.69. The quantitative estimate of drug-likeness (QED) is 0.285. The van der Waals surface area contributed by atoms with Gasteiger partial charge in [0.15, 0.2) is 0 Å². The monoisotopic (exact) mass is 476 g/mol. The van der Waals surface area contributed by atoms with Crippen molar-refractivity contribution in [2.75, 3.05) is 19.7 Å². The average molecular weight is 477 g/mol. The number of hydrogen-bond donors (Lipinski definition) is 4. The number of nitrogens with one attached hydrogen (secondary N) is 3. The normalized spacial score (nSPS) is 18.7. The second-order valence-corrected chi connectivity index (χ2v) is 8.69. The minimum atomic E-state index is -0.356. The van der Waals surface area contributed by atoms with Crippen LogP contribution in [0.15, 0.2) is 24.3 Å². The Morgan fingerprint density at radius 1 is 1.09 bits per heavy atom. The van der Waals surface area contributed by atoms with Crippen LogP contribution in [0.2, 0.25) is 0 Å². The zero-order chi connectivity index (χ0) is 24.8. The molecule has 3 rings (SSSR count). The van der Waals surface area contributed by atoms with E-state index >= 15 is 0 Å². The number of nitrogens with zero attached hydrogens (tertiary/aromatic N) is 1. The molecule has 1 saturated carbocycles. The van der Waals surface area contributed by atoms with E-state index in [0.717, 1.165) is 36.9 Å². The van der Waals surface area contributed by atoms with E-state index in [4.69, 9.17) is 5.21 Å². The van der Waals surface area contributed by atoms with Gasteiger partial charge in [0.25, 0.3) is 6.47 Å². The fourth-order valence-electron chi connectivity index (χ4n) is 4.49. The van der Waals surface area contributed by atoms with Crippen LogP contribution in [0, 0.1) is 5.92 Å². The van der Waals surface area contributed by atoms with Gasteiger partial charge in [0.1, 0.15) is 6.04 Å².